The molecule has 2 aromatic rings. The van der Waals surface area contributed by atoms with E-state index in [0.29, 0.717) is 45.0 Å². The number of carbonyl (C=O) groups is 2. The lowest BCUT2D eigenvalue weighted by Gasteiger charge is -2.35. The number of amides is 2. The van der Waals surface area contributed by atoms with E-state index < -0.39 is 33.8 Å². The number of piperidine rings is 1. The topological polar surface area (TPSA) is 114 Å². The van der Waals surface area contributed by atoms with Crippen LogP contribution in [0.5, 0.6) is 5.75 Å². The number of halogens is 1. The number of nitrogens with zero attached hydrogens (tertiary/aromatic N) is 2. The molecule has 1 aliphatic rings. The average Bonchev–Trinajstić information content (AvgIpc) is 2.98. The Hall–Kier alpha value is -3.06. The first-order chi connectivity index (χ1) is 19.7. The molecule has 0 saturated carbocycles. The first-order valence-electron chi connectivity index (χ1n) is 13.7. The first kappa shape index (κ1) is 32.5. The summed E-state index contributed by atoms with van der Waals surface area (Å²) in [5.41, 5.74) is 0.793. The van der Waals surface area contributed by atoms with Crippen molar-refractivity contribution >= 4 is 21.8 Å². The lowest BCUT2D eigenvalue weighted by Crippen LogP contribution is -2.57. The molecule has 1 saturated heterocycles. The number of benzene rings is 2. The SMILES string of the molecule is COCCCOc1ccc(C[C@H](NC(=O)[C@@H]2CCCCN2S(=O)(=O)c2cccc(F)c2)C(=O)N(C)CCOC)cc1. The second-order valence-corrected chi connectivity index (χ2v) is 11.8. The van der Waals surface area contributed by atoms with Gasteiger partial charge >= 0.3 is 0 Å². The van der Waals surface area contributed by atoms with E-state index in [1.54, 1.807) is 26.3 Å². The van der Waals surface area contributed by atoms with Crippen LogP contribution in [0.2, 0.25) is 0 Å². The molecule has 0 bridgehead atoms. The fourth-order valence-corrected chi connectivity index (χ4v) is 6.33. The highest BCUT2D eigenvalue weighted by molar-refractivity contribution is 7.89. The van der Waals surface area contributed by atoms with Crippen LogP contribution >= 0.6 is 0 Å². The molecule has 0 spiro atoms. The Morgan fingerprint density at radius 3 is 2.49 bits per heavy atom. The maximum absolute atomic E-state index is 13.8. The van der Waals surface area contributed by atoms with Gasteiger partial charge in [0.2, 0.25) is 21.8 Å². The van der Waals surface area contributed by atoms with Gasteiger partial charge < -0.3 is 24.4 Å². The van der Waals surface area contributed by atoms with Crippen molar-refractivity contribution in [1.82, 2.24) is 14.5 Å². The van der Waals surface area contributed by atoms with Gasteiger partial charge in [-0.1, -0.05) is 24.6 Å². The van der Waals surface area contributed by atoms with E-state index in [-0.39, 0.29) is 30.2 Å². The number of methoxy groups -OCH3 is 2. The normalized spacial score (nSPS) is 16.6. The second kappa shape index (κ2) is 15.8. The minimum Gasteiger partial charge on any atom is -0.494 e. The Morgan fingerprint density at radius 2 is 1.80 bits per heavy atom. The largest absolute Gasteiger partial charge is 0.494 e. The van der Waals surface area contributed by atoms with Crippen LogP contribution in [0.1, 0.15) is 31.2 Å². The molecular weight excluding hydrogens is 553 g/mol. The maximum Gasteiger partial charge on any atom is 0.245 e. The maximum atomic E-state index is 13.8. The summed E-state index contributed by atoms with van der Waals surface area (Å²) in [6.45, 7) is 1.86. The standard InChI is InChI=1S/C29H40FN3O7S/c1-32(16-19-39-3)29(35)26(20-22-11-13-24(14-12-22)40-18-7-17-38-2)31-28(34)27-10-4-5-15-33(27)41(36,37)25-9-6-8-23(30)21-25/h6,8-9,11-14,21,26-27H,4-5,7,10,15-20H2,1-3H3,(H,31,34)/t26-,27-/m0/s1. The van der Waals surface area contributed by atoms with Gasteiger partial charge in [0.15, 0.2) is 0 Å². The molecule has 12 heteroatoms. The van der Waals surface area contributed by atoms with Crippen LogP contribution in [-0.4, -0.2) is 95.7 Å². The van der Waals surface area contributed by atoms with Gasteiger partial charge in [-0.3, -0.25) is 9.59 Å². The summed E-state index contributed by atoms with van der Waals surface area (Å²) in [6, 6.07) is 10.0. The minimum atomic E-state index is -4.14. The molecular formula is C29H40FN3O7S. The van der Waals surface area contributed by atoms with Crippen LogP contribution < -0.4 is 10.1 Å². The molecule has 41 heavy (non-hydrogen) atoms. The van der Waals surface area contributed by atoms with Crippen molar-refractivity contribution in [3.63, 3.8) is 0 Å². The van der Waals surface area contributed by atoms with E-state index in [0.717, 1.165) is 28.4 Å². The smallest absolute Gasteiger partial charge is 0.245 e. The van der Waals surface area contributed by atoms with Crippen molar-refractivity contribution < 1.29 is 36.6 Å². The van der Waals surface area contributed by atoms with Gasteiger partial charge in [0.05, 0.1) is 18.1 Å². The molecule has 2 aromatic carbocycles. The molecule has 0 unspecified atom stereocenters. The molecule has 0 radical (unpaired) electrons. The summed E-state index contributed by atoms with van der Waals surface area (Å²) in [7, 11) is 0.651. The number of likely N-dealkylation sites (N-methyl/N-ethyl adjacent to an activating group) is 1. The van der Waals surface area contributed by atoms with E-state index in [2.05, 4.69) is 5.32 Å². The van der Waals surface area contributed by atoms with E-state index in [9.17, 15) is 22.4 Å². The molecule has 1 fully saturated rings. The van der Waals surface area contributed by atoms with Crippen LogP contribution in [0, 0.1) is 5.82 Å². The fraction of sp³-hybridized carbons (Fsp3) is 0.517. The Bertz CT molecular complexity index is 1240. The van der Waals surface area contributed by atoms with Crippen molar-refractivity contribution in [3.05, 3.63) is 59.9 Å². The summed E-state index contributed by atoms with van der Waals surface area (Å²) >= 11 is 0. The van der Waals surface area contributed by atoms with Crippen molar-refractivity contribution in [2.24, 2.45) is 0 Å². The van der Waals surface area contributed by atoms with Crippen LogP contribution in [0.4, 0.5) is 4.39 Å². The zero-order chi connectivity index (χ0) is 29.8. The van der Waals surface area contributed by atoms with Crippen LogP contribution in [-0.2, 0) is 35.5 Å². The molecule has 1 heterocycles. The van der Waals surface area contributed by atoms with Gasteiger partial charge in [-0.2, -0.15) is 4.31 Å². The summed E-state index contributed by atoms with van der Waals surface area (Å²) in [5, 5.41) is 2.82. The molecule has 226 valence electrons. The minimum absolute atomic E-state index is 0.120. The summed E-state index contributed by atoms with van der Waals surface area (Å²) in [5.74, 6) is -0.901. The van der Waals surface area contributed by atoms with Crippen LogP contribution in [0.3, 0.4) is 0 Å². The Morgan fingerprint density at radius 1 is 1.07 bits per heavy atom. The number of hydrogen-bond donors (Lipinski definition) is 1. The monoisotopic (exact) mass is 593 g/mol. The van der Waals surface area contributed by atoms with Crippen molar-refractivity contribution in [2.75, 3.05) is 54.2 Å². The van der Waals surface area contributed by atoms with E-state index in [1.165, 1.54) is 24.1 Å². The molecule has 2 atom stereocenters. The third kappa shape index (κ3) is 9.22. The predicted octanol–water partition coefficient (Wildman–Crippen LogP) is 2.62. The zero-order valence-electron chi connectivity index (χ0n) is 23.9. The first-order valence-corrected chi connectivity index (χ1v) is 15.1. The quantitative estimate of drug-likeness (QED) is 0.316. The number of carbonyl (C=O) groups excluding carboxylic acids is 2. The highest BCUT2D eigenvalue weighted by atomic mass is 32.2. The van der Waals surface area contributed by atoms with Gasteiger partial charge in [-0.15, -0.1) is 0 Å². The lowest BCUT2D eigenvalue weighted by molar-refractivity contribution is -0.137. The van der Waals surface area contributed by atoms with E-state index >= 15 is 0 Å². The average molecular weight is 594 g/mol. The van der Waals surface area contributed by atoms with Gasteiger partial charge in [0.25, 0.3) is 0 Å². The molecule has 10 nitrogen and oxygen atoms in total. The van der Waals surface area contributed by atoms with Crippen molar-refractivity contribution in [3.8, 4) is 5.75 Å². The Kier molecular flexibility index (Phi) is 12.5. The zero-order valence-corrected chi connectivity index (χ0v) is 24.7. The Balaban J connectivity index is 1.79. The highest BCUT2D eigenvalue weighted by Crippen LogP contribution is 2.26. The molecule has 1 N–H and O–H groups in total. The molecule has 0 aromatic heterocycles. The summed E-state index contributed by atoms with van der Waals surface area (Å²) in [6.07, 6.45) is 2.44. The van der Waals surface area contributed by atoms with Crippen molar-refractivity contribution in [2.45, 2.75) is 49.1 Å². The highest BCUT2D eigenvalue weighted by Gasteiger charge is 2.39. The molecule has 1 aliphatic heterocycles. The van der Waals surface area contributed by atoms with Gasteiger partial charge in [0, 0.05) is 53.8 Å². The van der Waals surface area contributed by atoms with Gasteiger partial charge in [-0.05, 0) is 48.7 Å². The summed E-state index contributed by atoms with van der Waals surface area (Å²) in [4.78, 5) is 28.3. The molecule has 0 aliphatic carbocycles. The third-order valence-corrected chi connectivity index (χ3v) is 8.81. The molecule has 2 amide bonds. The van der Waals surface area contributed by atoms with E-state index in [4.69, 9.17) is 14.2 Å². The second-order valence-electron chi connectivity index (χ2n) is 9.94. The predicted molar refractivity (Wildman–Crippen MR) is 152 cm³/mol. The lowest BCUT2D eigenvalue weighted by atomic mass is 10.0. The van der Waals surface area contributed by atoms with Crippen molar-refractivity contribution in [1.29, 1.82) is 0 Å². The van der Waals surface area contributed by atoms with Gasteiger partial charge in [0.1, 0.15) is 23.7 Å². The number of rotatable bonds is 15. The number of hydrogen-bond acceptors (Lipinski definition) is 7. The van der Waals surface area contributed by atoms with Crippen LogP contribution in [0.15, 0.2) is 53.4 Å². The number of ether oxygens (including phenoxy) is 3. The van der Waals surface area contributed by atoms with E-state index in [1.807, 2.05) is 12.1 Å². The number of sulfonamides is 1. The fourth-order valence-electron chi connectivity index (χ4n) is 4.64. The summed E-state index contributed by atoms with van der Waals surface area (Å²) < 4.78 is 57.6. The number of nitrogens with one attached hydrogen (secondary N) is 1. The Labute approximate surface area is 241 Å². The molecule has 3 rings (SSSR count). The van der Waals surface area contributed by atoms with Gasteiger partial charge in [-0.25, -0.2) is 12.8 Å². The third-order valence-electron chi connectivity index (χ3n) is 6.91. The van der Waals surface area contributed by atoms with Crippen LogP contribution in [0.25, 0.3) is 0 Å².